The van der Waals surface area contributed by atoms with E-state index >= 15 is 0 Å². The van der Waals surface area contributed by atoms with Crippen LogP contribution in [0, 0.1) is 0 Å². The highest BCUT2D eigenvalue weighted by Gasteiger charge is 2.09. The molecule has 0 aliphatic carbocycles. The standard InChI is InChI=1S/C18H14ClN3O/c19-16-5-1-3-14(11-16)18(23)22-12-15-4-2-8-21-17(15)13-6-9-20-10-7-13/h1-11H,12H2,(H,22,23). The van der Waals surface area contributed by atoms with Gasteiger partial charge in [0.25, 0.3) is 5.91 Å². The van der Waals surface area contributed by atoms with Gasteiger partial charge >= 0.3 is 0 Å². The molecular weight excluding hydrogens is 310 g/mol. The second-order valence-corrected chi connectivity index (χ2v) is 5.38. The molecule has 0 atom stereocenters. The van der Waals surface area contributed by atoms with Crippen molar-refractivity contribution in [2.75, 3.05) is 0 Å². The van der Waals surface area contributed by atoms with Gasteiger partial charge in [0.1, 0.15) is 0 Å². The average Bonchev–Trinajstić information content (AvgIpc) is 2.60. The smallest absolute Gasteiger partial charge is 0.251 e. The molecule has 0 fully saturated rings. The number of hydrogen-bond donors (Lipinski definition) is 1. The van der Waals surface area contributed by atoms with Crippen LogP contribution in [0.2, 0.25) is 5.02 Å². The topological polar surface area (TPSA) is 54.9 Å². The Balaban J connectivity index is 1.78. The monoisotopic (exact) mass is 323 g/mol. The van der Waals surface area contributed by atoms with Gasteiger partial charge in [0, 0.05) is 41.3 Å². The van der Waals surface area contributed by atoms with E-state index in [2.05, 4.69) is 15.3 Å². The first-order valence-electron chi connectivity index (χ1n) is 7.12. The lowest BCUT2D eigenvalue weighted by Crippen LogP contribution is -2.23. The number of amides is 1. The quantitative estimate of drug-likeness (QED) is 0.796. The van der Waals surface area contributed by atoms with E-state index in [0.29, 0.717) is 17.1 Å². The number of pyridine rings is 2. The van der Waals surface area contributed by atoms with E-state index in [1.807, 2.05) is 24.3 Å². The summed E-state index contributed by atoms with van der Waals surface area (Å²) in [6.45, 7) is 0.386. The highest BCUT2D eigenvalue weighted by atomic mass is 35.5. The first-order chi connectivity index (χ1) is 11.2. The third kappa shape index (κ3) is 3.73. The summed E-state index contributed by atoms with van der Waals surface area (Å²) >= 11 is 5.92. The van der Waals surface area contributed by atoms with Crippen molar-refractivity contribution >= 4 is 17.5 Å². The molecule has 0 aliphatic rings. The SMILES string of the molecule is O=C(NCc1cccnc1-c1ccncc1)c1cccc(Cl)c1. The number of carbonyl (C=O) groups excluding carboxylic acids is 1. The number of benzene rings is 1. The maximum Gasteiger partial charge on any atom is 0.251 e. The van der Waals surface area contributed by atoms with E-state index in [4.69, 9.17) is 11.6 Å². The lowest BCUT2D eigenvalue weighted by molar-refractivity contribution is 0.0951. The summed E-state index contributed by atoms with van der Waals surface area (Å²) in [5, 5.41) is 3.44. The number of nitrogens with one attached hydrogen (secondary N) is 1. The lowest BCUT2D eigenvalue weighted by Gasteiger charge is -2.10. The Kier molecular flexibility index (Phi) is 4.64. The molecule has 114 valence electrons. The molecule has 1 amide bonds. The zero-order chi connectivity index (χ0) is 16.1. The first kappa shape index (κ1) is 15.2. The second kappa shape index (κ2) is 7.03. The van der Waals surface area contributed by atoms with Crippen LogP contribution in [0.1, 0.15) is 15.9 Å². The molecule has 3 rings (SSSR count). The average molecular weight is 324 g/mol. The van der Waals surface area contributed by atoms with Crippen molar-refractivity contribution in [1.29, 1.82) is 0 Å². The number of carbonyl (C=O) groups is 1. The minimum absolute atomic E-state index is 0.169. The van der Waals surface area contributed by atoms with E-state index in [-0.39, 0.29) is 5.91 Å². The van der Waals surface area contributed by atoms with Gasteiger partial charge in [-0.1, -0.05) is 23.7 Å². The van der Waals surface area contributed by atoms with Gasteiger partial charge in [-0.15, -0.1) is 0 Å². The molecule has 0 radical (unpaired) electrons. The van der Waals surface area contributed by atoms with Crippen LogP contribution in [0.4, 0.5) is 0 Å². The molecule has 0 saturated carbocycles. The Labute approximate surface area is 139 Å². The number of aromatic nitrogens is 2. The van der Waals surface area contributed by atoms with Gasteiger partial charge in [-0.05, 0) is 42.0 Å². The van der Waals surface area contributed by atoms with Gasteiger partial charge in [0.05, 0.1) is 5.69 Å². The Hall–Kier alpha value is -2.72. The molecule has 0 spiro atoms. The normalized spacial score (nSPS) is 10.3. The van der Waals surface area contributed by atoms with E-state index in [1.54, 1.807) is 42.9 Å². The molecule has 2 aromatic heterocycles. The predicted octanol–water partition coefficient (Wildman–Crippen LogP) is 3.73. The van der Waals surface area contributed by atoms with Gasteiger partial charge in [-0.2, -0.15) is 0 Å². The molecule has 2 heterocycles. The Morgan fingerprint density at radius 1 is 1.04 bits per heavy atom. The molecule has 4 nitrogen and oxygen atoms in total. The third-order valence-electron chi connectivity index (χ3n) is 3.37. The van der Waals surface area contributed by atoms with E-state index in [1.165, 1.54) is 0 Å². The van der Waals surface area contributed by atoms with Crippen molar-refractivity contribution in [3.05, 3.63) is 83.3 Å². The number of halogens is 1. The van der Waals surface area contributed by atoms with Crippen LogP contribution in [-0.4, -0.2) is 15.9 Å². The predicted molar refractivity (Wildman–Crippen MR) is 90.1 cm³/mol. The fraction of sp³-hybridized carbons (Fsp3) is 0.0556. The summed E-state index contributed by atoms with van der Waals surface area (Å²) < 4.78 is 0. The van der Waals surface area contributed by atoms with E-state index < -0.39 is 0 Å². The summed E-state index contributed by atoms with van der Waals surface area (Å²) in [4.78, 5) is 20.6. The zero-order valence-corrected chi connectivity index (χ0v) is 13.0. The Bertz CT molecular complexity index is 821. The van der Waals surface area contributed by atoms with Crippen molar-refractivity contribution in [3.63, 3.8) is 0 Å². The Morgan fingerprint density at radius 2 is 1.87 bits per heavy atom. The summed E-state index contributed by atoms with van der Waals surface area (Å²) in [6, 6.07) is 14.4. The van der Waals surface area contributed by atoms with Crippen molar-refractivity contribution in [1.82, 2.24) is 15.3 Å². The first-order valence-corrected chi connectivity index (χ1v) is 7.50. The maximum atomic E-state index is 12.2. The minimum atomic E-state index is -0.169. The lowest BCUT2D eigenvalue weighted by atomic mass is 10.1. The highest BCUT2D eigenvalue weighted by molar-refractivity contribution is 6.30. The van der Waals surface area contributed by atoms with Gasteiger partial charge in [-0.25, -0.2) is 0 Å². The number of hydrogen-bond acceptors (Lipinski definition) is 3. The third-order valence-corrected chi connectivity index (χ3v) is 3.61. The van der Waals surface area contributed by atoms with Crippen molar-refractivity contribution in [2.24, 2.45) is 0 Å². The molecule has 0 bridgehead atoms. The highest BCUT2D eigenvalue weighted by Crippen LogP contribution is 2.20. The van der Waals surface area contributed by atoms with Gasteiger partial charge < -0.3 is 5.32 Å². The summed E-state index contributed by atoms with van der Waals surface area (Å²) in [7, 11) is 0. The van der Waals surface area contributed by atoms with E-state index in [9.17, 15) is 4.79 Å². The van der Waals surface area contributed by atoms with E-state index in [0.717, 1.165) is 16.8 Å². The van der Waals surface area contributed by atoms with Crippen molar-refractivity contribution in [3.8, 4) is 11.3 Å². The van der Waals surface area contributed by atoms with Crippen LogP contribution < -0.4 is 5.32 Å². The fourth-order valence-corrected chi connectivity index (χ4v) is 2.45. The molecule has 1 N–H and O–H groups in total. The molecule has 1 aromatic carbocycles. The number of nitrogens with zero attached hydrogens (tertiary/aromatic N) is 2. The van der Waals surface area contributed by atoms with Crippen molar-refractivity contribution in [2.45, 2.75) is 6.54 Å². The molecular formula is C18H14ClN3O. The summed E-state index contributed by atoms with van der Waals surface area (Å²) in [5.74, 6) is -0.169. The van der Waals surface area contributed by atoms with Crippen LogP contribution in [0.15, 0.2) is 67.1 Å². The Morgan fingerprint density at radius 3 is 2.65 bits per heavy atom. The number of rotatable bonds is 4. The van der Waals surface area contributed by atoms with Gasteiger partial charge in [0.15, 0.2) is 0 Å². The van der Waals surface area contributed by atoms with Gasteiger partial charge in [0.2, 0.25) is 0 Å². The molecule has 0 unspecified atom stereocenters. The largest absolute Gasteiger partial charge is 0.348 e. The molecule has 0 saturated heterocycles. The van der Waals surface area contributed by atoms with Gasteiger partial charge in [-0.3, -0.25) is 14.8 Å². The van der Waals surface area contributed by atoms with Crippen LogP contribution in [0.25, 0.3) is 11.3 Å². The zero-order valence-electron chi connectivity index (χ0n) is 12.2. The summed E-state index contributed by atoms with van der Waals surface area (Å²) in [6.07, 6.45) is 5.18. The maximum absolute atomic E-state index is 12.2. The molecule has 5 heteroatoms. The van der Waals surface area contributed by atoms with Crippen LogP contribution in [0.3, 0.4) is 0 Å². The van der Waals surface area contributed by atoms with Crippen LogP contribution in [0.5, 0.6) is 0 Å². The van der Waals surface area contributed by atoms with Crippen LogP contribution in [-0.2, 0) is 6.54 Å². The molecule has 23 heavy (non-hydrogen) atoms. The minimum Gasteiger partial charge on any atom is -0.348 e. The summed E-state index contributed by atoms with van der Waals surface area (Å²) in [5.41, 5.74) is 3.27. The van der Waals surface area contributed by atoms with Crippen LogP contribution >= 0.6 is 11.6 Å². The molecule has 0 aliphatic heterocycles. The molecule has 3 aromatic rings. The van der Waals surface area contributed by atoms with Crippen molar-refractivity contribution < 1.29 is 4.79 Å². The fourth-order valence-electron chi connectivity index (χ4n) is 2.26. The second-order valence-electron chi connectivity index (χ2n) is 4.94.